The molecule has 0 radical (unpaired) electrons. The fourth-order valence-corrected chi connectivity index (χ4v) is 4.19. The van der Waals surface area contributed by atoms with Gasteiger partial charge in [0, 0.05) is 24.5 Å². The summed E-state index contributed by atoms with van der Waals surface area (Å²) in [6, 6.07) is 15.5. The van der Waals surface area contributed by atoms with Crippen molar-refractivity contribution in [1.29, 1.82) is 0 Å². The summed E-state index contributed by atoms with van der Waals surface area (Å²) in [5.74, 6) is 0.785. The number of rotatable bonds is 4. The van der Waals surface area contributed by atoms with E-state index in [2.05, 4.69) is 85.7 Å². The predicted octanol–water partition coefficient (Wildman–Crippen LogP) is 5.59. The van der Waals surface area contributed by atoms with Crippen LogP contribution in [0.3, 0.4) is 0 Å². The van der Waals surface area contributed by atoms with Crippen LogP contribution in [0.15, 0.2) is 42.5 Å². The molecule has 0 spiro atoms. The Hall–Kier alpha value is -2.07. The van der Waals surface area contributed by atoms with Gasteiger partial charge in [-0.3, -0.25) is 0 Å². The molecule has 0 bridgehead atoms. The average Bonchev–Trinajstić information content (AvgIpc) is 2.60. The van der Waals surface area contributed by atoms with Crippen molar-refractivity contribution in [2.75, 3.05) is 23.3 Å². The molecule has 27 heavy (non-hydrogen) atoms. The fourth-order valence-electron chi connectivity index (χ4n) is 3.89. The number of hydrogen-bond donors (Lipinski definition) is 2. The van der Waals surface area contributed by atoms with Crippen LogP contribution in [-0.4, -0.2) is 18.2 Å². The average molecular weight is 382 g/mol. The number of anilines is 2. The van der Waals surface area contributed by atoms with E-state index >= 15 is 0 Å². The van der Waals surface area contributed by atoms with Gasteiger partial charge in [-0.25, -0.2) is 0 Å². The van der Waals surface area contributed by atoms with Crippen LogP contribution in [0.25, 0.3) is 0 Å². The van der Waals surface area contributed by atoms with E-state index in [1.165, 1.54) is 41.8 Å². The third-order valence-corrected chi connectivity index (χ3v) is 5.46. The number of nitrogens with zero attached hydrogens (tertiary/aromatic N) is 1. The SMILES string of the molecule is Cc1cc(C)cc(NC(=S)N[C@H](C)c2ccc(N3CCC[C@@H](C)C3)cc2)c1. The highest BCUT2D eigenvalue weighted by atomic mass is 32.1. The van der Waals surface area contributed by atoms with Gasteiger partial charge in [-0.2, -0.15) is 0 Å². The molecule has 2 atom stereocenters. The summed E-state index contributed by atoms with van der Waals surface area (Å²) in [6.45, 7) is 11.0. The van der Waals surface area contributed by atoms with Crippen molar-refractivity contribution in [2.24, 2.45) is 5.92 Å². The van der Waals surface area contributed by atoms with Crippen LogP contribution in [-0.2, 0) is 0 Å². The summed E-state index contributed by atoms with van der Waals surface area (Å²) in [5, 5.41) is 7.35. The maximum atomic E-state index is 5.51. The lowest BCUT2D eigenvalue weighted by atomic mass is 9.99. The number of thiocarbonyl (C=S) groups is 1. The summed E-state index contributed by atoms with van der Waals surface area (Å²) in [7, 11) is 0. The summed E-state index contributed by atoms with van der Waals surface area (Å²) in [6.07, 6.45) is 2.64. The van der Waals surface area contributed by atoms with Gasteiger partial charge < -0.3 is 15.5 Å². The first-order valence-corrected chi connectivity index (χ1v) is 10.3. The third kappa shape index (κ3) is 5.46. The number of aryl methyl sites for hydroxylation is 2. The van der Waals surface area contributed by atoms with Crippen LogP contribution in [0, 0.1) is 19.8 Å². The predicted molar refractivity (Wildman–Crippen MR) is 121 cm³/mol. The van der Waals surface area contributed by atoms with Crippen molar-refractivity contribution in [3.05, 3.63) is 59.2 Å². The van der Waals surface area contributed by atoms with Gasteiger partial charge in [-0.05, 0) is 92.7 Å². The van der Waals surface area contributed by atoms with Gasteiger partial charge in [0.05, 0.1) is 6.04 Å². The van der Waals surface area contributed by atoms with E-state index in [0.717, 1.165) is 18.2 Å². The van der Waals surface area contributed by atoms with E-state index in [0.29, 0.717) is 5.11 Å². The van der Waals surface area contributed by atoms with Gasteiger partial charge in [-0.15, -0.1) is 0 Å². The van der Waals surface area contributed by atoms with E-state index in [4.69, 9.17) is 12.2 Å². The number of nitrogens with one attached hydrogen (secondary N) is 2. The molecule has 0 saturated carbocycles. The van der Waals surface area contributed by atoms with Gasteiger partial charge in [0.25, 0.3) is 0 Å². The largest absolute Gasteiger partial charge is 0.371 e. The second kappa shape index (κ2) is 8.75. The van der Waals surface area contributed by atoms with Crippen LogP contribution < -0.4 is 15.5 Å². The highest BCUT2D eigenvalue weighted by molar-refractivity contribution is 7.80. The lowest BCUT2D eigenvalue weighted by molar-refractivity contribution is 0.447. The van der Waals surface area contributed by atoms with Crippen molar-refractivity contribution in [1.82, 2.24) is 5.32 Å². The molecule has 0 unspecified atom stereocenters. The topological polar surface area (TPSA) is 27.3 Å². The Morgan fingerprint density at radius 2 is 1.78 bits per heavy atom. The van der Waals surface area contributed by atoms with E-state index in [-0.39, 0.29) is 6.04 Å². The minimum absolute atomic E-state index is 0.158. The lowest BCUT2D eigenvalue weighted by Gasteiger charge is -2.33. The van der Waals surface area contributed by atoms with Crippen LogP contribution in [0.1, 0.15) is 49.4 Å². The molecule has 3 rings (SSSR count). The van der Waals surface area contributed by atoms with Crippen molar-refractivity contribution >= 4 is 28.7 Å². The van der Waals surface area contributed by atoms with E-state index in [9.17, 15) is 0 Å². The lowest BCUT2D eigenvalue weighted by Crippen LogP contribution is -2.34. The third-order valence-electron chi connectivity index (χ3n) is 5.24. The Balaban J connectivity index is 1.58. The normalized spacial score (nSPS) is 18.1. The Bertz CT molecular complexity index is 764. The molecule has 1 fully saturated rings. The fraction of sp³-hybridized carbons (Fsp3) is 0.435. The standard InChI is InChI=1S/C23H31N3S/c1-16-6-5-11-26(15-16)22-9-7-20(8-10-22)19(4)24-23(27)25-21-13-17(2)12-18(3)14-21/h7-10,12-14,16,19H,5-6,11,15H2,1-4H3,(H2,24,25,27)/t16-,19-/m1/s1. The van der Waals surface area contributed by atoms with Crippen LogP contribution in [0.4, 0.5) is 11.4 Å². The smallest absolute Gasteiger partial charge is 0.171 e. The number of hydrogen-bond acceptors (Lipinski definition) is 2. The van der Waals surface area contributed by atoms with Crippen LogP contribution >= 0.6 is 12.2 Å². The Morgan fingerprint density at radius 3 is 2.41 bits per heavy atom. The van der Waals surface area contributed by atoms with Gasteiger partial charge >= 0.3 is 0 Å². The number of benzene rings is 2. The molecule has 1 heterocycles. The Morgan fingerprint density at radius 1 is 1.11 bits per heavy atom. The molecular weight excluding hydrogens is 350 g/mol. The minimum Gasteiger partial charge on any atom is -0.371 e. The van der Waals surface area contributed by atoms with E-state index in [1.54, 1.807) is 0 Å². The zero-order valence-corrected chi connectivity index (χ0v) is 17.7. The van der Waals surface area contributed by atoms with Gasteiger partial charge in [-0.1, -0.05) is 25.1 Å². The summed E-state index contributed by atoms with van der Waals surface area (Å²) in [5.41, 5.74) is 6.07. The number of piperidine rings is 1. The van der Waals surface area contributed by atoms with Gasteiger partial charge in [0.1, 0.15) is 0 Å². The molecule has 4 heteroatoms. The molecule has 2 aromatic carbocycles. The molecule has 1 saturated heterocycles. The van der Waals surface area contributed by atoms with Crippen LogP contribution in [0.2, 0.25) is 0 Å². The molecule has 0 aromatic heterocycles. The molecule has 1 aliphatic heterocycles. The molecule has 2 N–H and O–H groups in total. The summed E-state index contributed by atoms with van der Waals surface area (Å²) < 4.78 is 0. The van der Waals surface area contributed by atoms with Crippen molar-refractivity contribution in [2.45, 2.75) is 46.6 Å². The van der Waals surface area contributed by atoms with E-state index in [1.807, 2.05) is 0 Å². The first-order chi connectivity index (χ1) is 12.9. The molecule has 0 amide bonds. The van der Waals surface area contributed by atoms with Gasteiger partial charge in [0.15, 0.2) is 5.11 Å². The van der Waals surface area contributed by atoms with E-state index < -0.39 is 0 Å². The molecule has 144 valence electrons. The zero-order valence-electron chi connectivity index (χ0n) is 16.9. The van der Waals surface area contributed by atoms with Gasteiger partial charge in [0.2, 0.25) is 0 Å². The monoisotopic (exact) mass is 381 g/mol. The summed E-state index contributed by atoms with van der Waals surface area (Å²) in [4.78, 5) is 2.50. The molecule has 0 aliphatic carbocycles. The highest BCUT2D eigenvalue weighted by Gasteiger charge is 2.17. The second-order valence-corrected chi connectivity index (χ2v) is 8.39. The van der Waals surface area contributed by atoms with Crippen molar-refractivity contribution < 1.29 is 0 Å². The first-order valence-electron chi connectivity index (χ1n) is 9.91. The minimum atomic E-state index is 0.158. The molecule has 2 aromatic rings. The molecule has 1 aliphatic rings. The maximum Gasteiger partial charge on any atom is 0.171 e. The maximum absolute atomic E-state index is 5.51. The van der Waals surface area contributed by atoms with Crippen LogP contribution in [0.5, 0.6) is 0 Å². The zero-order chi connectivity index (χ0) is 19.4. The Labute approximate surface area is 169 Å². The second-order valence-electron chi connectivity index (χ2n) is 7.98. The quantitative estimate of drug-likeness (QED) is 0.675. The Kier molecular flexibility index (Phi) is 6.38. The molecular formula is C23H31N3S. The molecule has 3 nitrogen and oxygen atoms in total. The van der Waals surface area contributed by atoms with Crippen molar-refractivity contribution in [3.63, 3.8) is 0 Å². The highest BCUT2D eigenvalue weighted by Crippen LogP contribution is 2.24. The first kappa shape index (κ1) is 19.7. The van der Waals surface area contributed by atoms with Crippen molar-refractivity contribution in [3.8, 4) is 0 Å². The summed E-state index contributed by atoms with van der Waals surface area (Å²) >= 11 is 5.51.